The summed E-state index contributed by atoms with van der Waals surface area (Å²) in [6, 6.07) is 7.68. The molecule has 3 nitrogen and oxygen atoms in total. The third-order valence-corrected chi connectivity index (χ3v) is 3.19. The van der Waals surface area contributed by atoms with E-state index in [-0.39, 0.29) is 6.04 Å². The van der Waals surface area contributed by atoms with Gasteiger partial charge in [-0.15, -0.1) is 0 Å². The van der Waals surface area contributed by atoms with E-state index in [1.54, 1.807) is 0 Å². The number of rotatable bonds is 4. The summed E-state index contributed by atoms with van der Waals surface area (Å²) < 4.78 is 0. The van der Waals surface area contributed by atoms with Gasteiger partial charge in [-0.1, -0.05) is 37.1 Å². The van der Waals surface area contributed by atoms with E-state index in [0.29, 0.717) is 5.02 Å². The normalized spacial score (nSPS) is 12.7. The van der Waals surface area contributed by atoms with Crippen LogP contribution in [0.25, 0.3) is 11.3 Å². The minimum absolute atomic E-state index is 0.0263. The van der Waals surface area contributed by atoms with Crippen LogP contribution >= 0.6 is 11.6 Å². The maximum Gasteiger partial charge on any atom is 0.123 e. The number of nitrogens with one attached hydrogen (secondary N) is 1. The second-order valence-corrected chi connectivity index (χ2v) is 4.94. The van der Waals surface area contributed by atoms with Gasteiger partial charge in [0.1, 0.15) is 5.82 Å². The molecule has 0 fully saturated rings. The standard InChI is InChI=1S/C14H18ClN3/c1-3-5-12(16)14-17-9(2)13(18-14)10-6-4-7-11(15)8-10/h4,6-8,12H,3,5,16H2,1-2H3,(H,17,18). The average molecular weight is 264 g/mol. The van der Waals surface area contributed by atoms with Gasteiger partial charge in [-0.3, -0.25) is 0 Å². The van der Waals surface area contributed by atoms with E-state index in [4.69, 9.17) is 17.3 Å². The summed E-state index contributed by atoms with van der Waals surface area (Å²) in [6.45, 7) is 4.12. The molecule has 96 valence electrons. The molecule has 2 aromatic rings. The lowest BCUT2D eigenvalue weighted by molar-refractivity contribution is 0.608. The molecule has 3 N–H and O–H groups in total. The Morgan fingerprint density at radius 1 is 1.44 bits per heavy atom. The highest BCUT2D eigenvalue weighted by Crippen LogP contribution is 2.25. The molecule has 1 aromatic carbocycles. The molecule has 1 heterocycles. The molecule has 0 aliphatic carbocycles. The van der Waals surface area contributed by atoms with Crippen molar-refractivity contribution in [3.05, 3.63) is 40.8 Å². The number of halogens is 1. The minimum Gasteiger partial charge on any atom is -0.344 e. The van der Waals surface area contributed by atoms with Gasteiger partial charge < -0.3 is 10.7 Å². The predicted octanol–water partition coefficient (Wildman–Crippen LogP) is 3.84. The molecule has 0 saturated heterocycles. The second kappa shape index (κ2) is 5.55. The van der Waals surface area contributed by atoms with Crippen molar-refractivity contribution < 1.29 is 0 Å². The first-order chi connectivity index (χ1) is 8.61. The van der Waals surface area contributed by atoms with Gasteiger partial charge in [-0.05, 0) is 25.5 Å². The Morgan fingerprint density at radius 2 is 2.22 bits per heavy atom. The third-order valence-electron chi connectivity index (χ3n) is 2.95. The highest BCUT2D eigenvalue weighted by Gasteiger charge is 2.13. The van der Waals surface area contributed by atoms with Crippen LogP contribution < -0.4 is 5.73 Å². The summed E-state index contributed by atoms with van der Waals surface area (Å²) in [5, 5.41) is 0.717. The molecule has 1 aromatic heterocycles. The van der Waals surface area contributed by atoms with Crippen LogP contribution in [-0.2, 0) is 0 Å². The van der Waals surface area contributed by atoms with E-state index in [9.17, 15) is 0 Å². The van der Waals surface area contributed by atoms with Crippen LogP contribution in [0.2, 0.25) is 5.02 Å². The van der Waals surface area contributed by atoms with E-state index in [1.807, 2.05) is 31.2 Å². The van der Waals surface area contributed by atoms with Crippen molar-refractivity contribution in [1.29, 1.82) is 0 Å². The first kappa shape index (κ1) is 13.1. The summed E-state index contributed by atoms with van der Waals surface area (Å²) in [5.41, 5.74) is 9.05. The topological polar surface area (TPSA) is 54.7 Å². The minimum atomic E-state index is -0.0263. The van der Waals surface area contributed by atoms with Gasteiger partial charge in [0.25, 0.3) is 0 Å². The molecule has 0 saturated carbocycles. The van der Waals surface area contributed by atoms with Crippen LogP contribution in [-0.4, -0.2) is 9.97 Å². The number of imidazole rings is 1. The monoisotopic (exact) mass is 263 g/mol. The van der Waals surface area contributed by atoms with Crippen molar-refractivity contribution in [2.45, 2.75) is 32.7 Å². The Morgan fingerprint density at radius 3 is 2.89 bits per heavy atom. The van der Waals surface area contributed by atoms with Gasteiger partial charge in [0.15, 0.2) is 0 Å². The maximum atomic E-state index is 6.08. The number of nitrogens with two attached hydrogens (primary N) is 1. The number of hydrogen-bond acceptors (Lipinski definition) is 2. The van der Waals surface area contributed by atoms with Gasteiger partial charge in [-0.25, -0.2) is 4.98 Å². The second-order valence-electron chi connectivity index (χ2n) is 4.50. The number of H-pyrrole nitrogens is 1. The molecule has 2 rings (SSSR count). The molecule has 0 amide bonds. The Balaban J connectivity index is 2.35. The van der Waals surface area contributed by atoms with Gasteiger partial charge in [0.05, 0.1) is 11.7 Å². The molecule has 1 atom stereocenters. The molecule has 0 aliphatic rings. The molecular weight excluding hydrogens is 246 g/mol. The lowest BCUT2D eigenvalue weighted by Crippen LogP contribution is -2.11. The molecule has 1 unspecified atom stereocenters. The Kier molecular flexibility index (Phi) is 4.04. The summed E-state index contributed by atoms with van der Waals surface area (Å²) in [6.07, 6.45) is 1.98. The molecule has 0 aliphatic heterocycles. The van der Waals surface area contributed by atoms with Gasteiger partial charge in [0.2, 0.25) is 0 Å². The van der Waals surface area contributed by atoms with Crippen molar-refractivity contribution >= 4 is 11.6 Å². The molecule has 18 heavy (non-hydrogen) atoms. The van der Waals surface area contributed by atoms with Gasteiger partial charge in [0, 0.05) is 16.3 Å². The first-order valence-electron chi connectivity index (χ1n) is 6.19. The lowest BCUT2D eigenvalue weighted by atomic mass is 10.1. The van der Waals surface area contributed by atoms with Crippen LogP contribution in [0.1, 0.15) is 37.3 Å². The number of aryl methyl sites for hydroxylation is 1. The Hall–Kier alpha value is -1.32. The molecule has 0 spiro atoms. The fraction of sp³-hybridized carbons (Fsp3) is 0.357. The highest BCUT2D eigenvalue weighted by atomic mass is 35.5. The molecule has 4 heteroatoms. The van der Waals surface area contributed by atoms with E-state index < -0.39 is 0 Å². The third kappa shape index (κ3) is 2.74. The summed E-state index contributed by atoms with van der Waals surface area (Å²) >= 11 is 6.00. The lowest BCUT2D eigenvalue weighted by Gasteiger charge is -2.05. The maximum absolute atomic E-state index is 6.08. The number of aromatic nitrogens is 2. The van der Waals surface area contributed by atoms with Gasteiger partial charge >= 0.3 is 0 Å². The van der Waals surface area contributed by atoms with Crippen molar-refractivity contribution in [2.75, 3.05) is 0 Å². The summed E-state index contributed by atoms with van der Waals surface area (Å²) in [4.78, 5) is 7.87. The average Bonchev–Trinajstić information content (AvgIpc) is 2.72. The van der Waals surface area contributed by atoms with E-state index >= 15 is 0 Å². The zero-order valence-corrected chi connectivity index (χ0v) is 11.5. The zero-order chi connectivity index (χ0) is 13.1. The van der Waals surface area contributed by atoms with Gasteiger partial charge in [-0.2, -0.15) is 0 Å². The number of benzene rings is 1. The Labute approximate surface area is 112 Å². The number of hydrogen-bond donors (Lipinski definition) is 2. The zero-order valence-electron chi connectivity index (χ0n) is 10.7. The van der Waals surface area contributed by atoms with Crippen molar-refractivity contribution in [2.24, 2.45) is 5.73 Å². The van der Waals surface area contributed by atoms with Crippen LogP contribution in [0.5, 0.6) is 0 Å². The number of aromatic amines is 1. The van der Waals surface area contributed by atoms with E-state index in [0.717, 1.165) is 35.6 Å². The van der Waals surface area contributed by atoms with Crippen LogP contribution in [0.3, 0.4) is 0 Å². The van der Waals surface area contributed by atoms with Crippen LogP contribution in [0.15, 0.2) is 24.3 Å². The fourth-order valence-electron chi connectivity index (χ4n) is 2.02. The first-order valence-corrected chi connectivity index (χ1v) is 6.57. The Bertz CT molecular complexity index is 534. The van der Waals surface area contributed by atoms with Crippen LogP contribution in [0.4, 0.5) is 0 Å². The molecule has 0 radical (unpaired) electrons. The number of nitrogens with zero attached hydrogens (tertiary/aromatic N) is 1. The summed E-state index contributed by atoms with van der Waals surface area (Å²) in [7, 11) is 0. The summed E-state index contributed by atoms with van der Waals surface area (Å²) in [5.74, 6) is 0.851. The SMILES string of the molecule is CCCC(N)c1nc(-c2cccc(Cl)c2)c(C)[nH]1. The van der Waals surface area contributed by atoms with E-state index in [1.165, 1.54) is 0 Å². The molecular formula is C14H18ClN3. The smallest absolute Gasteiger partial charge is 0.123 e. The molecule has 0 bridgehead atoms. The fourth-order valence-corrected chi connectivity index (χ4v) is 2.21. The highest BCUT2D eigenvalue weighted by molar-refractivity contribution is 6.30. The largest absolute Gasteiger partial charge is 0.344 e. The van der Waals surface area contributed by atoms with Crippen LogP contribution in [0, 0.1) is 6.92 Å². The van der Waals surface area contributed by atoms with E-state index in [2.05, 4.69) is 16.9 Å². The quantitative estimate of drug-likeness (QED) is 0.881. The van der Waals surface area contributed by atoms with Crippen molar-refractivity contribution in [3.8, 4) is 11.3 Å². The predicted molar refractivity (Wildman–Crippen MR) is 75.6 cm³/mol. The van der Waals surface area contributed by atoms with Crippen molar-refractivity contribution in [1.82, 2.24) is 9.97 Å². The van der Waals surface area contributed by atoms with Crippen molar-refractivity contribution in [3.63, 3.8) is 0 Å².